The van der Waals surface area contributed by atoms with Crippen molar-refractivity contribution in [1.82, 2.24) is 10.2 Å². The Labute approximate surface area is 95.9 Å². The summed E-state index contributed by atoms with van der Waals surface area (Å²) in [6.45, 7) is 7.61. The summed E-state index contributed by atoms with van der Waals surface area (Å²) >= 11 is 0. The van der Waals surface area contributed by atoms with E-state index in [-0.39, 0.29) is 18.1 Å². The molecule has 0 spiro atoms. The summed E-state index contributed by atoms with van der Waals surface area (Å²) < 4.78 is 5.65. The Bertz CT molecular complexity index is 304. The molecule has 1 N–H and O–H groups in total. The number of hydrogen-bond donors (Lipinski definition) is 1. The second-order valence-electron chi connectivity index (χ2n) is 4.18. The summed E-state index contributed by atoms with van der Waals surface area (Å²) in [5, 5.41) is 2.83. The van der Waals surface area contributed by atoms with Crippen LogP contribution in [0.2, 0.25) is 0 Å². The highest BCUT2D eigenvalue weighted by Gasteiger charge is 2.32. The Morgan fingerprint density at radius 1 is 1.56 bits per heavy atom. The number of likely N-dealkylation sites (N-methyl/N-ethyl adjacent to an activating group) is 1. The summed E-state index contributed by atoms with van der Waals surface area (Å²) in [6, 6.07) is -0.212. The molecule has 1 saturated heterocycles. The van der Waals surface area contributed by atoms with Gasteiger partial charge in [-0.3, -0.25) is 14.7 Å². The van der Waals surface area contributed by atoms with Crippen molar-refractivity contribution in [2.45, 2.75) is 32.4 Å². The van der Waals surface area contributed by atoms with Crippen molar-refractivity contribution in [2.24, 2.45) is 4.99 Å². The van der Waals surface area contributed by atoms with Gasteiger partial charge >= 0.3 is 0 Å². The van der Waals surface area contributed by atoms with Crippen LogP contribution >= 0.6 is 0 Å². The molecular formula is C11H19N3O2. The van der Waals surface area contributed by atoms with Crippen molar-refractivity contribution >= 4 is 11.7 Å². The van der Waals surface area contributed by atoms with Gasteiger partial charge in [0.15, 0.2) is 0 Å². The molecule has 0 saturated carbocycles. The Morgan fingerprint density at radius 2 is 2.38 bits per heavy atom. The van der Waals surface area contributed by atoms with Crippen molar-refractivity contribution in [3.63, 3.8) is 0 Å². The third-order valence-electron chi connectivity index (χ3n) is 3.14. The lowest BCUT2D eigenvalue weighted by molar-refractivity contribution is -0.120. The minimum Gasteiger partial charge on any atom is -0.368 e. The molecule has 0 aromatic carbocycles. The van der Waals surface area contributed by atoms with Gasteiger partial charge < -0.3 is 10.1 Å². The van der Waals surface area contributed by atoms with Crippen molar-refractivity contribution in [2.75, 3.05) is 26.2 Å². The summed E-state index contributed by atoms with van der Waals surface area (Å²) in [4.78, 5) is 18.2. The molecule has 1 amide bonds. The molecule has 1 fully saturated rings. The van der Waals surface area contributed by atoms with Gasteiger partial charge in [-0.1, -0.05) is 13.8 Å². The molecule has 2 atom stereocenters. The molecule has 0 bridgehead atoms. The predicted molar refractivity (Wildman–Crippen MR) is 61.5 cm³/mol. The lowest BCUT2D eigenvalue weighted by Crippen LogP contribution is -2.49. The van der Waals surface area contributed by atoms with Gasteiger partial charge in [0, 0.05) is 13.1 Å². The number of aliphatic imine (C=N–C) groups is 1. The molecule has 5 nitrogen and oxygen atoms in total. The van der Waals surface area contributed by atoms with Crippen LogP contribution in [0.25, 0.3) is 0 Å². The van der Waals surface area contributed by atoms with Gasteiger partial charge in [-0.15, -0.1) is 0 Å². The monoisotopic (exact) mass is 225 g/mol. The second kappa shape index (κ2) is 4.93. The van der Waals surface area contributed by atoms with Crippen LogP contribution in [0, 0.1) is 0 Å². The predicted octanol–water partition coefficient (Wildman–Crippen LogP) is 0.0140. The molecule has 0 aliphatic carbocycles. The van der Waals surface area contributed by atoms with Gasteiger partial charge in [0.25, 0.3) is 0 Å². The largest absolute Gasteiger partial charge is 0.368 e. The number of ether oxygens (including phenoxy) is 1. The molecule has 2 heterocycles. The smallest absolute Gasteiger partial charge is 0.250 e. The fraction of sp³-hybridized carbons (Fsp3) is 0.818. The fourth-order valence-corrected chi connectivity index (χ4v) is 2.06. The van der Waals surface area contributed by atoms with E-state index in [1.165, 1.54) is 0 Å². The van der Waals surface area contributed by atoms with Crippen LogP contribution in [0.3, 0.4) is 0 Å². The zero-order chi connectivity index (χ0) is 11.5. The number of nitrogens with zero attached hydrogens (tertiary/aromatic N) is 2. The van der Waals surface area contributed by atoms with Crippen molar-refractivity contribution in [1.29, 1.82) is 0 Å². The van der Waals surface area contributed by atoms with E-state index in [1.54, 1.807) is 0 Å². The van der Waals surface area contributed by atoms with Gasteiger partial charge in [-0.05, 0) is 13.0 Å². The summed E-state index contributed by atoms with van der Waals surface area (Å²) in [6.07, 6.45) is 0.689. The molecule has 0 aromatic heterocycles. The highest BCUT2D eigenvalue weighted by Crippen LogP contribution is 2.12. The number of carbonyl (C=O) groups excluding carboxylic acids is 1. The van der Waals surface area contributed by atoms with E-state index in [1.807, 2.05) is 6.92 Å². The highest BCUT2D eigenvalue weighted by molar-refractivity contribution is 6.07. The lowest BCUT2D eigenvalue weighted by Gasteiger charge is -2.31. The molecule has 2 unspecified atom stereocenters. The van der Waals surface area contributed by atoms with Crippen LogP contribution in [0.15, 0.2) is 4.99 Å². The van der Waals surface area contributed by atoms with E-state index in [4.69, 9.17) is 4.74 Å². The van der Waals surface area contributed by atoms with Crippen LogP contribution < -0.4 is 5.32 Å². The van der Waals surface area contributed by atoms with E-state index in [2.05, 4.69) is 22.1 Å². The first-order valence-electron chi connectivity index (χ1n) is 5.97. The minimum atomic E-state index is -0.212. The summed E-state index contributed by atoms with van der Waals surface area (Å²) in [5.41, 5.74) is 0. The highest BCUT2D eigenvalue weighted by atomic mass is 16.5. The van der Waals surface area contributed by atoms with Crippen molar-refractivity contribution in [3.8, 4) is 0 Å². The van der Waals surface area contributed by atoms with E-state index in [0.717, 1.165) is 31.9 Å². The second-order valence-corrected chi connectivity index (χ2v) is 4.18. The molecular weight excluding hydrogens is 206 g/mol. The first-order valence-corrected chi connectivity index (χ1v) is 5.97. The summed E-state index contributed by atoms with van der Waals surface area (Å²) in [7, 11) is 0. The maximum atomic E-state index is 11.5. The van der Waals surface area contributed by atoms with Gasteiger partial charge in [-0.25, -0.2) is 0 Å². The number of carbonyl (C=O) groups is 1. The quantitative estimate of drug-likeness (QED) is 0.736. The fourth-order valence-electron chi connectivity index (χ4n) is 2.06. The number of nitrogens with one attached hydrogen (secondary N) is 1. The first kappa shape index (κ1) is 11.5. The molecule has 2 aliphatic rings. The Morgan fingerprint density at radius 3 is 3.00 bits per heavy atom. The SMILES string of the molecule is CCC1N=C(C2CN(CC)CCO2)NC1=O. The van der Waals surface area contributed by atoms with Crippen LogP contribution in [-0.2, 0) is 9.53 Å². The molecule has 5 heteroatoms. The third kappa shape index (κ3) is 2.25. The average molecular weight is 225 g/mol. The van der Waals surface area contributed by atoms with Gasteiger partial charge in [-0.2, -0.15) is 0 Å². The van der Waals surface area contributed by atoms with E-state index < -0.39 is 0 Å². The summed E-state index contributed by atoms with van der Waals surface area (Å²) in [5.74, 6) is 0.727. The van der Waals surface area contributed by atoms with Gasteiger partial charge in [0.05, 0.1) is 6.61 Å². The molecule has 16 heavy (non-hydrogen) atoms. The van der Waals surface area contributed by atoms with E-state index >= 15 is 0 Å². The minimum absolute atomic E-state index is 0.00900. The van der Waals surface area contributed by atoms with E-state index in [9.17, 15) is 4.79 Å². The van der Waals surface area contributed by atoms with Crippen molar-refractivity contribution < 1.29 is 9.53 Å². The maximum Gasteiger partial charge on any atom is 0.250 e. The molecule has 2 rings (SSSR count). The standard InChI is InChI=1S/C11H19N3O2/c1-3-8-11(15)13-10(12-8)9-7-14(4-2)5-6-16-9/h8-9H,3-7H2,1-2H3,(H,12,13,15). The van der Waals surface area contributed by atoms with Gasteiger partial charge in [0.1, 0.15) is 18.0 Å². The Hall–Kier alpha value is -0.940. The van der Waals surface area contributed by atoms with Crippen molar-refractivity contribution in [3.05, 3.63) is 0 Å². The Balaban J connectivity index is 2.00. The number of morpholine rings is 1. The van der Waals surface area contributed by atoms with Crippen LogP contribution in [0.4, 0.5) is 0 Å². The number of amides is 1. The number of hydrogen-bond acceptors (Lipinski definition) is 4. The topological polar surface area (TPSA) is 53.9 Å². The van der Waals surface area contributed by atoms with Crippen LogP contribution in [0.1, 0.15) is 20.3 Å². The molecule has 0 radical (unpaired) electrons. The first-order chi connectivity index (χ1) is 7.74. The zero-order valence-corrected chi connectivity index (χ0v) is 9.90. The van der Waals surface area contributed by atoms with Gasteiger partial charge in [0.2, 0.25) is 5.91 Å². The van der Waals surface area contributed by atoms with E-state index in [0.29, 0.717) is 6.61 Å². The normalized spacial score (nSPS) is 31.4. The third-order valence-corrected chi connectivity index (χ3v) is 3.14. The van der Waals surface area contributed by atoms with Crippen LogP contribution in [0.5, 0.6) is 0 Å². The number of amidine groups is 1. The molecule has 2 aliphatic heterocycles. The van der Waals surface area contributed by atoms with Crippen LogP contribution in [-0.4, -0.2) is 55.0 Å². The number of rotatable bonds is 3. The lowest BCUT2D eigenvalue weighted by atomic mass is 10.2. The molecule has 0 aromatic rings. The zero-order valence-electron chi connectivity index (χ0n) is 9.90. The average Bonchev–Trinajstić information content (AvgIpc) is 2.71. The molecule has 90 valence electrons. The maximum absolute atomic E-state index is 11.5. The Kier molecular flexibility index (Phi) is 3.56.